The van der Waals surface area contributed by atoms with Gasteiger partial charge in [0, 0.05) is 20.1 Å². The van der Waals surface area contributed by atoms with E-state index in [0.717, 1.165) is 12.1 Å². The molecule has 1 unspecified atom stereocenters. The number of rotatable bonds is 3. The van der Waals surface area contributed by atoms with E-state index < -0.39 is 41.2 Å². The second kappa shape index (κ2) is 5.64. The molecule has 0 saturated heterocycles. The van der Waals surface area contributed by atoms with Gasteiger partial charge in [-0.3, -0.25) is 0 Å². The first-order valence-electron chi connectivity index (χ1n) is 6.93. The summed E-state index contributed by atoms with van der Waals surface area (Å²) in [5, 5.41) is 0. The molecule has 0 N–H and O–H groups in total. The van der Waals surface area contributed by atoms with Crippen molar-refractivity contribution in [1.82, 2.24) is 0 Å². The Kier molecular flexibility index (Phi) is 4.13. The van der Waals surface area contributed by atoms with Crippen LogP contribution in [0.15, 0.2) is 51.8 Å². The minimum absolute atomic E-state index is 0.0245. The molecule has 0 amide bonds. The largest absolute Gasteiger partial charge is 0.523 e. The van der Waals surface area contributed by atoms with Crippen molar-refractivity contribution in [2.45, 2.75) is 22.8 Å². The molecule has 0 fully saturated rings. The number of allylic oxidation sites excluding steroid dienone is 4. The van der Waals surface area contributed by atoms with Gasteiger partial charge in [0.05, 0.1) is 0 Å². The summed E-state index contributed by atoms with van der Waals surface area (Å²) in [4.78, 5) is -1.24. The minimum Gasteiger partial charge on any atom is -0.196 e. The number of aryl methyl sites for hydroxylation is 1. The van der Waals surface area contributed by atoms with Crippen molar-refractivity contribution >= 4 is 26.5 Å². The van der Waals surface area contributed by atoms with E-state index in [1.807, 2.05) is 0 Å². The van der Waals surface area contributed by atoms with E-state index in [0.29, 0.717) is 5.56 Å². The van der Waals surface area contributed by atoms with Crippen molar-refractivity contribution in [3.8, 4) is 0 Å². The molecular formula is C15H10F6O3S2. The molecule has 3 nitrogen and oxygen atoms in total. The first-order valence-corrected chi connectivity index (χ1v) is 9.89. The Bertz CT molecular complexity index is 970. The fourth-order valence-electron chi connectivity index (χ4n) is 2.49. The molecule has 1 aliphatic carbocycles. The summed E-state index contributed by atoms with van der Waals surface area (Å²) in [6, 6.07) is 3.77. The van der Waals surface area contributed by atoms with Crippen LogP contribution in [-0.4, -0.2) is 19.4 Å². The fraction of sp³-hybridized carbons (Fsp3) is 0.200. The molecule has 11 heteroatoms. The summed E-state index contributed by atoms with van der Waals surface area (Å²) in [5.41, 5.74) is -11.1. The van der Waals surface area contributed by atoms with Gasteiger partial charge in [-0.1, -0.05) is 30.4 Å². The van der Waals surface area contributed by atoms with Crippen LogP contribution in [0.3, 0.4) is 0 Å². The third-order valence-corrected chi connectivity index (χ3v) is 8.41. The van der Waals surface area contributed by atoms with Crippen molar-refractivity contribution in [2.24, 2.45) is 0 Å². The van der Waals surface area contributed by atoms with Gasteiger partial charge in [0.2, 0.25) is 0 Å². The van der Waals surface area contributed by atoms with Crippen LogP contribution >= 0.6 is 10.3 Å². The van der Waals surface area contributed by atoms with Crippen LogP contribution in [0.1, 0.15) is 11.1 Å². The minimum atomic E-state index is -6.50. The first kappa shape index (κ1) is 19.1. The second-order valence-electron chi connectivity index (χ2n) is 5.50. The van der Waals surface area contributed by atoms with Crippen LogP contribution in [0.4, 0.5) is 26.3 Å². The molecule has 0 bridgehead atoms. The zero-order valence-corrected chi connectivity index (χ0v) is 14.5. The molecule has 1 aromatic carbocycles. The van der Waals surface area contributed by atoms with Crippen molar-refractivity contribution < 1.29 is 38.4 Å². The Hall–Kier alpha value is -1.72. The molecule has 1 heterocycles. The summed E-state index contributed by atoms with van der Waals surface area (Å²) in [5.74, 6) is 0. The molecule has 0 spiro atoms. The van der Waals surface area contributed by atoms with Crippen LogP contribution < -0.4 is 0 Å². The maximum Gasteiger partial charge on any atom is 0.523 e. The zero-order valence-electron chi connectivity index (χ0n) is 12.9. The van der Waals surface area contributed by atoms with Crippen LogP contribution in [0.5, 0.6) is 0 Å². The highest BCUT2D eigenvalue weighted by Crippen LogP contribution is 2.79. The van der Waals surface area contributed by atoms with E-state index in [1.54, 1.807) is 0 Å². The lowest BCUT2D eigenvalue weighted by Crippen LogP contribution is -2.32. The molecule has 1 aromatic rings. The average Bonchev–Trinajstić information content (AvgIpc) is 2.70. The second-order valence-corrected chi connectivity index (χ2v) is 9.87. The number of alkyl halides is 6. The molecule has 1 atom stereocenters. The topological polar surface area (TPSA) is 43.4 Å². The van der Waals surface area contributed by atoms with Gasteiger partial charge in [0.15, 0.2) is 0 Å². The molecule has 3 rings (SSSR count). The van der Waals surface area contributed by atoms with Gasteiger partial charge >= 0.3 is 21.1 Å². The molecule has 0 aromatic heterocycles. The Morgan fingerprint density at radius 1 is 1.08 bits per heavy atom. The van der Waals surface area contributed by atoms with Crippen LogP contribution in [-0.2, 0) is 13.7 Å². The molecule has 142 valence electrons. The van der Waals surface area contributed by atoms with Crippen LogP contribution in [0.25, 0.3) is 6.08 Å². The number of halogens is 6. The highest BCUT2D eigenvalue weighted by Gasteiger charge is 2.64. The first-order chi connectivity index (χ1) is 11.8. The molecular weight excluding hydrogens is 406 g/mol. The van der Waals surface area contributed by atoms with Gasteiger partial charge < -0.3 is 0 Å². The van der Waals surface area contributed by atoms with E-state index in [-0.39, 0.29) is 11.1 Å². The van der Waals surface area contributed by atoms with E-state index in [4.69, 9.17) is 0 Å². The fourth-order valence-corrected chi connectivity index (χ4v) is 7.08. The maximum atomic E-state index is 14.1. The monoisotopic (exact) mass is 416 g/mol. The van der Waals surface area contributed by atoms with Crippen molar-refractivity contribution in [1.29, 1.82) is 0 Å². The zero-order chi connectivity index (χ0) is 19.5. The summed E-state index contributed by atoms with van der Waals surface area (Å²) in [6.07, 6.45) is 4.92. The normalized spacial score (nSPS) is 25.0. The SMILES string of the molecule is Cc1ccc2c(c1)S(OS(=O)(=O)C(F)(F)F)(C(F)(F)F)C(C1=CC=C1)=C2. The van der Waals surface area contributed by atoms with Gasteiger partial charge in [-0.2, -0.15) is 38.4 Å². The maximum absolute atomic E-state index is 14.1. The Labute approximate surface area is 146 Å². The lowest BCUT2D eigenvalue weighted by atomic mass is 10.1. The summed E-state index contributed by atoms with van der Waals surface area (Å²) >= 11 is 0. The van der Waals surface area contributed by atoms with Gasteiger partial charge in [0.1, 0.15) is 0 Å². The molecule has 0 radical (unpaired) electrons. The van der Waals surface area contributed by atoms with E-state index in [2.05, 4.69) is 3.63 Å². The highest BCUT2D eigenvalue weighted by molar-refractivity contribution is 8.37. The Morgan fingerprint density at radius 2 is 1.69 bits per heavy atom. The van der Waals surface area contributed by atoms with Crippen LogP contribution in [0, 0.1) is 6.92 Å². The average molecular weight is 416 g/mol. The number of hydrogen-bond donors (Lipinski definition) is 0. The van der Waals surface area contributed by atoms with Crippen molar-refractivity contribution in [2.75, 3.05) is 0 Å². The number of fused-ring (bicyclic) bond motifs is 1. The molecule has 0 saturated carbocycles. The summed E-state index contributed by atoms with van der Waals surface area (Å²) < 4.78 is 108. The van der Waals surface area contributed by atoms with Crippen LogP contribution in [0.2, 0.25) is 0 Å². The standard InChI is InChI=1S/C15H10F6O3S2/c1-9-5-6-11-8-13(10-3-2-4-10)25(12(11)7-9,14(16,17)18)24-26(22,23)15(19,20)21/h2-8H,1H3. The Balaban J connectivity index is 2.31. The van der Waals surface area contributed by atoms with E-state index in [1.165, 1.54) is 37.3 Å². The summed E-state index contributed by atoms with van der Waals surface area (Å²) in [7, 11) is -11.5. The molecule has 26 heavy (non-hydrogen) atoms. The third-order valence-electron chi connectivity index (χ3n) is 3.71. The predicted octanol–water partition coefficient (Wildman–Crippen LogP) is 5.31. The Morgan fingerprint density at radius 3 is 2.15 bits per heavy atom. The lowest BCUT2D eigenvalue weighted by molar-refractivity contribution is -0.0545. The lowest BCUT2D eigenvalue weighted by Gasteiger charge is -2.40. The number of benzene rings is 1. The van der Waals surface area contributed by atoms with Crippen molar-refractivity contribution in [3.63, 3.8) is 0 Å². The van der Waals surface area contributed by atoms with E-state index in [9.17, 15) is 34.8 Å². The third kappa shape index (κ3) is 2.69. The van der Waals surface area contributed by atoms with E-state index >= 15 is 0 Å². The smallest absolute Gasteiger partial charge is 0.196 e. The van der Waals surface area contributed by atoms with Gasteiger partial charge in [-0.15, -0.1) is 0 Å². The van der Waals surface area contributed by atoms with Gasteiger partial charge in [-0.25, -0.2) is 0 Å². The molecule has 1 aliphatic heterocycles. The van der Waals surface area contributed by atoms with Crippen molar-refractivity contribution in [3.05, 3.63) is 58.0 Å². The summed E-state index contributed by atoms with van der Waals surface area (Å²) in [6.45, 7) is 1.44. The predicted molar refractivity (Wildman–Crippen MR) is 84.4 cm³/mol. The van der Waals surface area contributed by atoms with Gasteiger partial charge in [0.25, 0.3) is 0 Å². The quantitative estimate of drug-likeness (QED) is 0.496. The van der Waals surface area contributed by atoms with Gasteiger partial charge in [-0.05, 0) is 35.8 Å². The molecule has 2 aliphatic rings. The number of hydrogen-bond acceptors (Lipinski definition) is 3. The highest BCUT2D eigenvalue weighted by atomic mass is 32.3.